The first-order valence-electron chi connectivity index (χ1n) is 9.25. The van der Waals surface area contributed by atoms with Crippen molar-refractivity contribution in [1.82, 2.24) is 9.66 Å². The molecule has 0 radical (unpaired) electrons. The lowest BCUT2D eigenvalue weighted by molar-refractivity contribution is 0.365. The molecule has 0 spiro atoms. The average Bonchev–Trinajstić information content (AvgIpc) is 2.71. The highest BCUT2D eigenvalue weighted by atomic mass is 79.9. The summed E-state index contributed by atoms with van der Waals surface area (Å²) in [5.74, 6) is 3.69. The average molecular weight is 596 g/mol. The predicted molar refractivity (Wildman–Crippen MR) is 131 cm³/mol. The molecule has 2 aromatic carbocycles. The number of rotatable bonds is 7. The summed E-state index contributed by atoms with van der Waals surface area (Å²) in [4.78, 5) is 17.8. The monoisotopic (exact) mass is 593 g/mol. The van der Waals surface area contributed by atoms with Crippen LogP contribution >= 0.6 is 47.8 Å². The van der Waals surface area contributed by atoms with E-state index in [1.54, 1.807) is 12.3 Å². The molecule has 1 aromatic heterocycles. The largest absolute Gasteiger partial charge is 0.479 e. The number of nitrogens with zero attached hydrogens (tertiary/aromatic N) is 3. The fourth-order valence-corrected chi connectivity index (χ4v) is 4.65. The fourth-order valence-electron chi connectivity index (χ4n) is 2.84. The lowest BCUT2D eigenvalue weighted by Gasteiger charge is -2.10. The zero-order chi connectivity index (χ0) is 21.7. The molecule has 3 rings (SSSR count). The maximum Gasteiger partial charge on any atom is 0.282 e. The van der Waals surface area contributed by atoms with Crippen LogP contribution in [-0.2, 0) is 6.42 Å². The van der Waals surface area contributed by atoms with Crippen LogP contribution in [0.15, 0.2) is 53.6 Å². The standard InChI is InChI=1S/C22H18Br3N3O2/c1-3-5-6-20-27-19-8-7-15(23)12-16(19)22(29)28(20)26-13-14-10-17(24)21(18(25)11-14)30-9-4-2/h2,7-8,10-13H,3,5-6,9H2,1H3. The van der Waals surface area contributed by atoms with E-state index in [1.165, 1.54) is 4.68 Å². The zero-order valence-electron chi connectivity index (χ0n) is 16.2. The number of fused-ring (bicyclic) bond motifs is 1. The van der Waals surface area contributed by atoms with Gasteiger partial charge in [-0.1, -0.05) is 35.2 Å². The third-order valence-electron chi connectivity index (χ3n) is 4.27. The molecule has 0 aliphatic rings. The Kier molecular flexibility index (Phi) is 7.87. The van der Waals surface area contributed by atoms with Gasteiger partial charge in [0.05, 0.1) is 26.1 Å². The van der Waals surface area contributed by atoms with E-state index in [0.717, 1.165) is 31.8 Å². The number of unbranched alkanes of at least 4 members (excludes halogenated alkanes) is 1. The third-order valence-corrected chi connectivity index (χ3v) is 5.94. The summed E-state index contributed by atoms with van der Waals surface area (Å²) in [6.07, 6.45) is 9.47. The summed E-state index contributed by atoms with van der Waals surface area (Å²) in [6.45, 7) is 2.27. The van der Waals surface area contributed by atoms with Gasteiger partial charge in [0.2, 0.25) is 0 Å². The van der Waals surface area contributed by atoms with Crippen LogP contribution in [0.5, 0.6) is 5.75 Å². The van der Waals surface area contributed by atoms with Gasteiger partial charge < -0.3 is 4.74 Å². The SMILES string of the molecule is C#CCOc1c(Br)cc(C=Nn2c(CCCC)nc3ccc(Br)cc3c2=O)cc1Br. The first-order valence-corrected chi connectivity index (χ1v) is 11.6. The topological polar surface area (TPSA) is 56.5 Å². The molecule has 0 unspecified atom stereocenters. The molecule has 154 valence electrons. The second-order valence-corrected chi connectivity index (χ2v) is 9.09. The van der Waals surface area contributed by atoms with Gasteiger partial charge in [-0.25, -0.2) is 4.98 Å². The van der Waals surface area contributed by atoms with E-state index in [-0.39, 0.29) is 12.2 Å². The number of aryl methyl sites for hydroxylation is 1. The number of ether oxygens (including phenoxy) is 1. The van der Waals surface area contributed by atoms with E-state index in [0.29, 0.717) is 28.9 Å². The van der Waals surface area contributed by atoms with Crippen LogP contribution < -0.4 is 10.3 Å². The van der Waals surface area contributed by atoms with Crippen LogP contribution in [0.1, 0.15) is 31.2 Å². The summed E-state index contributed by atoms with van der Waals surface area (Å²) in [5, 5.41) is 4.99. The number of halogens is 3. The van der Waals surface area contributed by atoms with Crippen molar-refractivity contribution in [2.24, 2.45) is 5.10 Å². The molecule has 0 aliphatic heterocycles. The molecular weight excluding hydrogens is 578 g/mol. The van der Waals surface area contributed by atoms with Crippen molar-refractivity contribution in [3.8, 4) is 18.1 Å². The Hall–Kier alpha value is -1.95. The highest BCUT2D eigenvalue weighted by molar-refractivity contribution is 9.11. The molecule has 5 nitrogen and oxygen atoms in total. The van der Waals surface area contributed by atoms with Gasteiger partial charge in [0.25, 0.3) is 5.56 Å². The molecule has 8 heteroatoms. The maximum atomic E-state index is 13.1. The Morgan fingerprint density at radius 3 is 2.63 bits per heavy atom. The van der Waals surface area contributed by atoms with Gasteiger partial charge in [-0.15, -0.1) is 6.42 Å². The van der Waals surface area contributed by atoms with E-state index in [2.05, 4.69) is 70.7 Å². The lowest BCUT2D eigenvalue weighted by Crippen LogP contribution is -2.22. The summed E-state index contributed by atoms with van der Waals surface area (Å²) >= 11 is 10.4. The molecule has 0 N–H and O–H groups in total. The van der Waals surface area contributed by atoms with Crippen LogP contribution in [-0.4, -0.2) is 22.5 Å². The highest BCUT2D eigenvalue weighted by Crippen LogP contribution is 2.34. The van der Waals surface area contributed by atoms with Gasteiger partial charge in [0, 0.05) is 10.9 Å². The Labute approximate surface area is 199 Å². The van der Waals surface area contributed by atoms with Crippen molar-refractivity contribution in [1.29, 1.82) is 0 Å². The maximum absolute atomic E-state index is 13.1. The third kappa shape index (κ3) is 5.20. The van der Waals surface area contributed by atoms with Crippen molar-refractivity contribution in [3.05, 3.63) is 65.5 Å². The Morgan fingerprint density at radius 2 is 1.97 bits per heavy atom. The van der Waals surface area contributed by atoms with Gasteiger partial charge in [-0.2, -0.15) is 9.78 Å². The van der Waals surface area contributed by atoms with Crippen molar-refractivity contribution in [2.45, 2.75) is 26.2 Å². The number of hydrogen-bond acceptors (Lipinski definition) is 4. The molecule has 30 heavy (non-hydrogen) atoms. The van der Waals surface area contributed by atoms with Gasteiger partial charge in [-0.3, -0.25) is 4.79 Å². The highest BCUT2D eigenvalue weighted by Gasteiger charge is 2.12. The Bertz CT molecular complexity index is 1190. The van der Waals surface area contributed by atoms with Crippen molar-refractivity contribution < 1.29 is 4.74 Å². The van der Waals surface area contributed by atoms with E-state index in [4.69, 9.17) is 11.2 Å². The molecule has 0 amide bonds. The second-order valence-electron chi connectivity index (χ2n) is 6.46. The number of terminal acetylenes is 1. The Balaban J connectivity index is 2.05. The number of hydrogen-bond donors (Lipinski definition) is 0. The second kappa shape index (κ2) is 10.4. The van der Waals surface area contributed by atoms with Crippen molar-refractivity contribution >= 4 is 64.9 Å². The van der Waals surface area contributed by atoms with Crippen LogP contribution in [0.4, 0.5) is 0 Å². The zero-order valence-corrected chi connectivity index (χ0v) is 20.9. The van der Waals surface area contributed by atoms with Gasteiger partial charge >= 0.3 is 0 Å². The molecular formula is C22H18Br3N3O2. The summed E-state index contributed by atoms with van der Waals surface area (Å²) in [6, 6.07) is 9.19. The first kappa shape index (κ1) is 22.7. The number of benzene rings is 2. The molecule has 1 heterocycles. The number of aromatic nitrogens is 2. The van der Waals surface area contributed by atoms with Gasteiger partial charge in [0.15, 0.2) is 0 Å². The predicted octanol–water partition coefficient (Wildman–Crippen LogP) is 5.92. The van der Waals surface area contributed by atoms with E-state index >= 15 is 0 Å². The van der Waals surface area contributed by atoms with Gasteiger partial charge in [0.1, 0.15) is 18.2 Å². The smallest absolute Gasteiger partial charge is 0.282 e. The van der Waals surface area contributed by atoms with Crippen LogP contribution in [0, 0.1) is 12.3 Å². The minimum atomic E-state index is -0.198. The molecule has 0 saturated heterocycles. The van der Waals surface area contributed by atoms with E-state index in [1.807, 2.05) is 24.3 Å². The van der Waals surface area contributed by atoms with Crippen molar-refractivity contribution in [3.63, 3.8) is 0 Å². The van der Waals surface area contributed by atoms with E-state index in [9.17, 15) is 4.79 Å². The minimum Gasteiger partial charge on any atom is -0.479 e. The molecule has 0 fully saturated rings. The quantitative estimate of drug-likeness (QED) is 0.252. The van der Waals surface area contributed by atoms with Crippen LogP contribution in [0.3, 0.4) is 0 Å². The first-order chi connectivity index (χ1) is 14.4. The molecule has 0 aliphatic carbocycles. The minimum absolute atomic E-state index is 0.166. The van der Waals surface area contributed by atoms with Crippen LogP contribution in [0.25, 0.3) is 10.9 Å². The fraction of sp³-hybridized carbons (Fsp3) is 0.227. The molecule has 0 bridgehead atoms. The van der Waals surface area contributed by atoms with Gasteiger partial charge in [-0.05, 0) is 74.2 Å². The summed E-state index contributed by atoms with van der Waals surface area (Å²) in [5.41, 5.74) is 1.25. The Morgan fingerprint density at radius 1 is 1.23 bits per heavy atom. The normalized spacial score (nSPS) is 11.2. The molecule has 0 atom stereocenters. The lowest BCUT2D eigenvalue weighted by atomic mass is 10.2. The summed E-state index contributed by atoms with van der Waals surface area (Å²) < 4.78 is 9.20. The van der Waals surface area contributed by atoms with Crippen molar-refractivity contribution in [2.75, 3.05) is 6.61 Å². The molecule has 0 saturated carbocycles. The summed E-state index contributed by atoms with van der Waals surface area (Å²) in [7, 11) is 0. The van der Waals surface area contributed by atoms with Crippen LogP contribution in [0.2, 0.25) is 0 Å². The molecule has 3 aromatic rings. The van der Waals surface area contributed by atoms with E-state index < -0.39 is 0 Å².